The van der Waals surface area contributed by atoms with Crippen LogP contribution in [0, 0.1) is 17.2 Å². The molecule has 1 N–H and O–H groups in total. The van der Waals surface area contributed by atoms with E-state index < -0.39 is 21.2 Å². The van der Waals surface area contributed by atoms with Crippen molar-refractivity contribution in [2.24, 2.45) is 5.92 Å². The molecule has 0 radical (unpaired) electrons. The molecule has 6 nitrogen and oxygen atoms in total. The van der Waals surface area contributed by atoms with E-state index >= 15 is 0 Å². The highest BCUT2D eigenvalue weighted by atomic mass is 32.2. The zero-order chi connectivity index (χ0) is 12.3. The highest BCUT2D eigenvalue weighted by molar-refractivity contribution is 7.89. The van der Waals surface area contributed by atoms with Crippen LogP contribution >= 0.6 is 0 Å². The van der Waals surface area contributed by atoms with Crippen molar-refractivity contribution in [1.29, 1.82) is 5.26 Å². The van der Waals surface area contributed by atoms with Crippen molar-refractivity contribution in [3.05, 3.63) is 0 Å². The lowest BCUT2D eigenvalue weighted by atomic mass is 10.1. The third-order valence-corrected chi connectivity index (χ3v) is 4.75. The van der Waals surface area contributed by atoms with E-state index in [1.807, 2.05) is 0 Å². The standard InChI is InChI=1S/C9H14N2O4S/c1-7(5-10)16(14,15)11-3-2-8(6-11)4-9(12)13/h7-8H,2-4,6H2,1H3,(H,12,13). The lowest BCUT2D eigenvalue weighted by molar-refractivity contribution is -0.137. The van der Waals surface area contributed by atoms with Gasteiger partial charge in [-0.15, -0.1) is 0 Å². The minimum Gasteiger partial charge on any atom is -0.481 e. The molecule has 2 atom stereocenters. The molecular weight excluding hydrogens is 232 g/mol. The summed E-state index contributed by atoms with van der Waals surface area (Å²) in [4.78, 5) is 10.5. The van der Waals surface area contributed by atoms with Crippen LogP contribution in [0.3, 0.4) is 0 Å². The Kier molecular flexibility index (Phi) is 3.88. The second kappa shape index (κ2) is 4.80. The van der Waals surface area contributed by atoms with Crippen molar-refractivity contribution < 1.29 is 18.3 Å². The molecule has 1 heterocycles. The monoisotopic (exact) mass is 246 g/mol. The number of sulfonamides is 1. The molecule has 0 aromatic rings. The summed E-state index contributed by atoms with van der Waals surface area (Å²) in [5.41, 5.74) is 0. The highest BCUT2D eigenvalue weighted by Crippen LogP contribution is 2.23. The Morgan fingerprint density at radius 3 is 2.81 bits per heavy atom. The van der Waals surface area contributed by atoms with Gasteiger partial charge in [0.15, 0.2) is 5.25 Å². The van der Waals surface area contributed by atoms with E-state index in [1.54, 1.807) is 6.07 Å². The summed E-state index contributed by atoms with van der Waals surface area (Å²) in [5.74, 6) is -1.06. The van der Waals surface area contributed by atoms with Crippen LogP contribution in [0.4, 0.5) is 0 Å². The quantitative estimate of drug-likeness (QED) is 0.754. The van der Waals surface area contributed by atoms with Gasteiger partial charge in [0.05, 0.1) is 6.07 Å². The molecule has 0 aromatic carbocycles. The van der Waals surface area contributed by atoms with Crippen LogP contribution in [0.25, 0.3) is 0 Å². The Labute approximate surface area is 94.5 Å². The maximum atomic E-state index is 11.8. The van der Waals surface area contributed by atoms with Gasteiger partial charge in [0.2, 0.25) is 10.0 Å². The first-order valence-corrected chi connectivity index (χ1v) is 6.48. The Bertz CT molecular complexity index is 412. The Hall–Kier alpha value is -1.13. The van der Waals surface area contributed by atoms with E-state index in [-0.39, 0.29) is 18.9 Å². The van der Waals surface area contributed by atoms with Gasteiger partial charge in [0, 0.05) is 19.5 Å². The van der Waals surface area contributed by atoms with Crippen molar-refractivity contribution in [2.75, 3.05) is 13.1 Å². The van der Waals surface area contributed by atoms with Crippen LogP contribution in [-0.2, 0) is 14.8 Å². The Balaban J connectivity index is 2.67. The van der Waals surface area contributed by atoms with E-state index in [0.29, 0.717) is 13.0 Å². The van der Waals surface area contributed by atoms with Crippen molar-refractivity contribution in [3.63, 3.8) is 0 Å². The van der Waals surface area contributed by atoms with Crippen molar-refractivity contribution >= 4 is 16.0 Å². The van der Waals surface area contributed by atoms with Crippen LogP contribution in [0.15, 0.2) is 0 Å². The maximum absolute atomic E-state index is 11.8. The van der Waals surface area contributed by atoms with Gasteiger partial charge in [-0.3, -0.25) is 4.79 Å². The molecule has 1 fully saturated rings. The zero-order valence-electron chi connectivity index (χ0n) is 8.96. The number of carbonyl (C=O) groups is 1. The molecule has 0 spiro atoms. The molecule has 16 heavy (non-hydrogen) atoms. The van der Waals surface area contributed by atoms with Gasteiger partial charge < -0.3 is 5.11 Å². The normalized spacial score (nSPS) is 23.9. The largest absolute Gasteiger partial charge is 0.481 e. The number of aliphatic carboxylic acids is 1. The third-order valence-electron chi connectivity index (χ3n) is 2.70. The van der Waals surface area contributed by atoms with E-state index in [2.05, 4.69) is 0 Å². The second-order valence-corrected chi connectivity index (χ2v) is 6.18. The number of hydrogen-bond acceptors (Lipinski definition) is 4. The summed E-state index contributed by atoms with van der Waals surface area (Å²) in [5, 5.41) is 16.1. The molecule has 0 aromatic heterocycles. The third kappa shape index (κ3) is 2.71. The number of nitrogens with zero attached hydrogens (tertiary/aromatic N) is 2. The summed E-state index contributed by atoms with van der Waals surface area (Å²) in [6.45, 7) is 1.85. The fraction of sp³-hybridized carbons (Fsp3) is 0.778. The van der Waals surface area contributed by atoms with Crippen molar-refractivity contribution in [2.45, 2.75) is 25.0 Å². The molecule has 90 valence electrons. The molecule has 7 heteroatoms. The fourth-order valence-corrected chi connectivity index (χ4v) is 3.09. The summed E-state index contributed by atoms with van der Waals surface area (Å²) >= 11 is 0. The summed E-state index contributed by atoms with van der Waals surface area (Å²) in [6, 6.07) is 1.69. The van der Waals surface area contributed by atoms with Crippen LogP contribution in [-0.4, -0.2) is 42.1 Å². The van der Waals surface area contributed by atoms with E-state index in [4.69, 9.17) is 10.4 Å². The second-order valence-electron chi connectivity index (χ2n) is 3.93. The van der Waals surface area contributed by atoms with Gasteiger partial charge in [0.1, 0.15) is 0 Å². The molecular formula is C9H14N2O4S. The maximum Gasteiger partial charge on any atom is 0.303 e. The number of hydrogen-bond donors (Lipinski definition) is 1. The van der Waals surface area contributed by atoms with Crippen LogP contribution in [0.1, 0.15) is 19.8 Å². The van der Waals surface area contributed by atoms with E-state index in [1.165, 1.54) is 11.2 Å². The van der Waals surface area contributed by atoms with Gasteiger partial charge in [-0.25, -0.2) is 12.7 Å². The SMILES string of the molecule is CC(C#N)S(=O)(=O)N1CCC(CC(=O)O)C1. The number of rotatable bonds is 4. The minimum absolute atomic E-state index is 0.0209. The first kappa shape index (κ1) is 12.9. The highest BCUT2D eigenvalue weighted by Gasteiger charge is 2.35. The van der Waals surface area contributed by atoms with Gasteiger partial charge in [-0.1, -0.05) is 0 Å². The zero-order valence-corrected chi connectivity index (χ0v) is 9.77. The predicted molar refractivity (Wildman–Crippen MR) is 55.9 cm³/mol. The average Bonchev–Trinajstić information content (AvgIpc) is 2.64. The molecule has 1 aliphatic heterocycles. The lowest BCUT2D eigenvalue weighted by Crippen LogP contribution is -2.35. The first-order valence-electron chi connectivity index (χ1n) is 4.98. The first-order chi connectivity index (χ1) is 7.37. The average molecular weight is 246 g/mol. The summed E-state index contributed by atoms with van der Waals surface area (Å²) in [6.07, 6.45) is 0.524. The molecule has 2 unspecified atom stereocenters. The number of nitriles is 1. The molecule has 1 rings (SSSR count). The molecule has 0 bridgehead atoms. The van der Waals surface area contributed by atoms with Gasteiger partial charge in [-0.2, -0.15) is 5.26 Å². The van der Waals surface area contributed by atoms with E-state index in [0.717, 1.165) is 0 Å². The van der Waals surface area contributed by atoms with Crippen molar-refractivity contribution in [1.82, 2.24) is 4.31 Å². The van der Waals surface area contributed by atoms with Gasteiger partial charge in [0.25, 0.3) is 0 Å². The molecule has 1 saturated heterocycles. The van der Waals surface area contributed by atoms with E-state index in [9.17, 15) is 13.2 Å². The molecule has 0 saturated carbocycles. The fourth-order valence-electron chi connectivity index (χ4n) is 1.73. The molecule has 1 aliphatic rings. The predicted octanol–water partition coefficient (Wildman–Crippen LogP) is 0.0249. The van der Waals surface area contributed by atoms with Gasteiger partial charge in [-0.05, 0) is 19.3 Å². The lowest BCUT2D eigenvalue weighted by Gasteiger charge is -2.17. The smallest absolute Gasteiger partial charge is 0.303 e. The Morgan fingerprint density at radius 2 is 2.31 bits per heavy atom. The topological polar surface area (TPSA) is 98.5 Å². The molecule has 0 amide bonds. The van der Waals surface area contributed by atoms with Gasteiger partial charge >= 0.3 is 5.97 Å². The van der Waals surface area contributed by atoms with Crippen LogP contribution in [0.5, 0.6) is 0 Å². The number of carboxylic acids is 1. The molecule has 0 aliphatic carbocycles. The van der Waals surface area contributed by atoms with Crippen molar-refractivity contribution in [3.8, 4) is 6.07 Å². The summed E-state index contributed by atoms with van der Waals surface area (Å²) < 4.78 is 24.7. The van der Waals surface area contributed by atoms with Crippen LogP contribution in [0.2, 0.25) is 0 Å². The Morgan fingerprint density at radius 1 is 1.69 bits per heavy atom. The summed E-state index contributed by atoms with van der Waals surface area (Å²) in [7, 11) is -3.58. The minimum atomic E-state index is -3.58. The van der Waals surface area contributed by atoms with Crippen LogP contribution < -0.4 is 0 Å². The number of carboxylic acid groups (broad SMARTS) is 1.